The summed E-state index contributed by atoms with van der Waals surface area (Å²) in [6, 6.07) is 6.05. The maximum Gasteiger partial charge on any atom is 0.342 e. The number of methoxy groups -OCH3 is 1. The van der Waals surface area contributed by atoms with Crippen LogP contribution >= 0.6 is 0 Å². The highest BCUT2D eigenvalue weighted by atomic mass is 16.5. The minimum absolute atomic E-state index is 0.0564. The molecule has 5 heteroatoms. The zero-order valence-electron chi connectivity index (χ0n) is 8.51. The van der Waals surface area contributed by atoms with E-state index in [4.69, 9.17) is 4.42 Å². The number of benzene rings is 1. The van der Waals surface area contributed by atoms with Gasteiger partial charge in [-0.2, -0.15) is 0 Å². The van der Waals surface area contributed by atoms with Crippen molar-refractivity contribution in [3.8, 4) is 5.75 Å². The summed E-state index contributed by atoms with van der Waals surface area (Å²) in [7, 11) is 1.18. The summed E-state index contributed by atoms with van der Waals surface area (Å²) >= 11 is 0. The van der Waals surface area contributed by atoms with Crippen LogP contribution in [0.3, 0.4) is 0 Å². The van der Waals surface area contributed by atoms with Crippen molar-refractivity contribution in [1.29, 1.82) is 0 Å². The molecule has 2 aromatic rings. The van der Waals surface area contributed by atoms with Gasteiger partial charge in [-0.15, -0.1) is 0 Å². The third-order valence-corrected chi connectivity index (χ3v) is 2.22. The second-order valence-electron chi connectivity index (χ2n) is 3.30. The molecule has 0 saturated heterocycles. The van der Waals surface area contributed by atoms with Gasteiger partial charge in [0.2, 0.25) is 6.10 Å². The van der Waals surface area contributed by atoms with Crippen LogP contribution in [0.1, 0.15) is 11.9 Å². The summed E-state index contributed by atoms with van der Waals surface area (Å²) in [6.45, 7) is 0. The Morgan fingerprint density at radius 3 is 2.88 bits per heavy atom. The van der Waals surface area contributed by atoms with Crippen LogP contribution < -0.4 is 0 Å². The van der Waals surface area contributed by atoms with Crippen LogP contribution in [0, 0.1) is 0 Å². The molecule has 0 saturated carbocycles. The Morgan fingerprint density at radius 1 is 1.44 bits per heavy atom. The number of carbonyl (C=O) groups excluding carboxylic acids is 1. The van der Waals surface area contributed by atoms with Crippen LogP contribution in [0.15, 0.2) is 28.7 Å². The number of phenolic OH excluding ortho intramolecular Hbond substituents is 1. The number of esters is 1. The fourth-order valence-corrected chi connectivity index (χ4v) is 1.40. The third kappa shape index (κ3) is 1.72. The number of aliphatic hydroxyl groups is 1. The average Bonchev–Trinajstić information content (AvgIpc) is 2.69. The van der Waals surface area contributed by atoms with Crippen molar-refractivity contribution in [2.24, 2.45) is 0 Å². The van der Waals surface area contributed by atoms with Gasteiger partial charge in [-0.25, -0.2) is 4.79 Å². The molecule has 1 aromatic carbocycles. The van der Waals surface area contributed by atoms with E-state index in [1.165, 1.54) is 25.3 Å². The number of aromatic hydroxyl groups is 1. The zero-order chi connectivity index (χ0) is 11.7. The van der Waals surface area contributed by atoms with Gasteiger partial charge >= 0.3 is 5.97 Å². The van der Waals surface area contributed by atoms with Gasteiger partial charge in [0.15, 0.2) is 0 Å². The molecular formula is C11H10O5. The smallest absolute Gasteiger partial charge is 0.342 e. The monoisotopic (exact) mass is 222 g/mol. The van der Waals surface area contributed by atoms with E-state index in [1.54, 1.807) is 6.07 Å². The Kier molecular flexibility index (Phi) is 2.54. The van der Waals surface area contributed by atoms with Gasteiger partial charge in [0.1, 0.15) is 17.1 Å². The van der Waals surface area contributed by atoms with E-state index in [0.717, 1.165) is 0 Å². The minimum Gasteiger partial charge on any atom is -0.508 e. The molecular weight excluding hydrogens is 212 g/mol. The number of carbonyl (C=O) groups is 1. The molecule has 1 heterocycles. The van der Waals surface area contributed by atoms with Gasteiger partial charge in [0.05, 0.1) is 7.11 Å². The first-order valence-corrected chi connectivity index (χ1v) is 4.60. The highest BCUT2D eigenvalue weighted by molar-refractivity contribution is 5.82. The lowest BCUT2D eigenvalue weighted by Crippen LogP contribution is -2.12. The maximum atomic E-state index is 11.1. The minimum atomic E-state index is -1.44. The van der Waals surface area contributed by atoms with Gasteiger partial charge in [0.25, 0.3) is 0 Å². The SMILES string of the molecule is COC(=O)C(O)c1cc2ccc(O)cc2o1. The zero-order valence-corrected chi connectivity index (χ0v) is 8.51. The molecule has 0 radical (unpaired) electrons. The molecule has 16 heavy (non-hydrogen) atoms. The predicted octanol–water partition coefficient (Wildman–Crippen LogP) is 1.34. The van der Waals surface area contributed by atoms with Gasteiger partial charge in [-0.1, -0.05) is 0 Å². The van der Waals surface area contributed by atoms with Crippen molar-refractivity contribution < 1.29 is 24.2 Å². The Balaban J connectivity index is 2.43. The molecule has 0 bridgehead atoms. The first-order valence-electron chi connectivity index (χ1n) is 4.60. The van der Waals surface area contributed by atoms with Gasteiger partial charge < -0.3 is 19.4 Å². The van der Waals surface area contributed by atoms with Crippen molar-refractivity contribution in [3.63, 3.8) is 0 Å². The van der Waals surface area contributed by atoms with E-state index in [2.05, 4.69) is 4.74 Å². The first kappa shape index (κ1) is 10.5. The molecule has 0 aliphatic heterocycles. The van der Waals surface area contributed by atoms with Crippen LogP contribution in [-0.4, -0.2) is 23.3 Å². The molecule has 2 N–H and O–H groups in total. The van der Waals surface area contributed by atoms with Crippen LogP contribution in [0.2, 0.25) is 0 Å². The lowest BCUT2D eigenvalue weighted by atomic mass is 10.2. The van der Waals surface area contributed by atoms with Crippen LogP contribution in [0.25, 0.3) is 11.0 Å². The summed E-state index contributed by atoms with van der Waals surface area (Å²) in [6.07, 6.45) is -1.44. The molecule has 1 atom stereocenters. The molecule has 1 aromatic heterocycles. The van der Waals surface area contributed by atoms with Gasteiger partial charge in [0, 0.05) is 11.5 Å². The third-order valence-electron chi connectivity index (χ3n) is 2.22. The molecule has 2 rings (SSSR count). The van der Waals surface area contributed by atoms with Crippen LogP contribution in [0.5, 0.6) is 5.75 Å². The summed E-state index contributed by atoms with van der Waals surface area (Å²) in [5, 5.41) is 19.4. The lowest BCUT2D eigenvalue weighted by molar-refractivity contribution is -0.151. The number of hydrogen-bond acceptors (Lipinski definition) is 5. The molecule has 0 fully saturated rings. The summed E-state index contributed by atoms with van der Waals surface area (Å²) in [4.78, 5) is 11.1. The second-order valence-corrected chi connectivity index (χ2v) is 3.30. The van der Waals surface area contributed by atoms with Crippen molar-refractivity contribution in [2.75, 3.05) is 7.11 Å². The van der Waals surface area contributed by atoms with E-state index in [-0.39, 0.29) is 11.5 Å². The predicted molar refractivity (Wildman–Crippen MR) is 54.9 cm³/mol. The molecule has 84 valence electrons. The number of hydrogen-bond donors (Lipinski definition) is 2. The Morgan fingerprint density at radius 2 is 2.19 bits per heavy atom. The highest BCUT2D eigenvalue weighted by Gasteiger charge is 2.22. The van der Waals surface area contributed by atoms with Gasteiger partial charge in [-0.3, -0.25) is 0 Å². The lowest BCUT2D eigenvalue weighted by Gasteiger charge is -2.03. The molecule has 1 unspecified atom stereocenters. The number of ether oxygens (including phenoxy) is 1. The van der Waals surface area contributed by atoms with E-state index in [9.17, 15) is 15.0 Å². The van der Waals surface area contributed by atoms with Gasteiger partial charge in [-0.05, 0) is 18.2 Å². The van der Waals surface area contributed by atoms with E-state index in [0.29, 0.717) is 11.0 Å². The number of aliphatic hydroxyl groups excluding tert-OH is 1. The van der Waals surface area contributed by atoms with Crippen molar-refractivity contribution >= 4 is 16.9 Å². The molecule has 0 amide bonds. The normalized spacial score (nSPS) is 12.6. The van der Waals surface area contributed by atoms with E-state index in [1.807, 2.05) is 0 Å². The first-order chi connectivity index (χ1) is 7.61. The van der Waals surface area contributed by atoms with Crippen LogP contribution in [0.4, 0.5) is 0 Å². The largest absolute Gasteiger partial charge is 0.508 e. The highest BCUT2D eigenvalue weighted by Crippen LogP contribution is 2.27. The quantitative estimate of drug-likeness (QED) is 0.749. The van der Waals surface area contributed by atoms with Crippen molar-refractivity contribution in [2.45, 2.75) is 6.10 Å². The number of rotatable bonds is 2. The van der Waals surface area contributed by atoms with E-state index >= 15 is 0 Å². The Labute approximate surface area is 90.9 Å². The van der Waals surface area contributed by atoms with E-state index < -0.39 is 12.1 Å². The fourth-order valence-electron chi connectivity index (χ4n) is 1.40. The average molecular weight is 222 g/mol. The van der Waals surface area contributed by atoms with Crippen molar-refractivity contribution in [1.82, 2.24) is 0 Å². The Bertz CT molecular complexity index is 528. The molecule has 0 aliphatic carbocycles. The summed E-state index contributed by atoms with van der Waals surface area (Å²) in [5.74, 6) is -0.642. The summed E-state index contributed by atoms with van der Waals surface area (Å²) < 4.78 is 9.61. The number of furan rings is 1. The molecule has 0 spiro atoms. The topological polar surface area (TPSA) is 79.9 Å². The van der Waals surface area contributed by atoms with Crippen molar-refractivity contribution in [3.05, 3.63) is 30.0 Å². The Hall–Kier alpha value is -2.01. The second kappa shape index (κ2) is 3.86. The number of fused-ring (bicyclic) bond motifs is 1. The standard InChI is InChI=1S/C11H10O5/c1-15-11(14)10(13)9-4-6-2-3-7(12)5-8(6)16-9/h2-5,10,12-13H,1H3. The molecule has 5 nitrogen and oxygen atoms in total. The molecule has 0 aliphatic rings. The van der Waals surface area contributed by atoms with Crippen LogP contribution in [-0.2, 0) is 9.53 Å². The summed E-state index contributed by atoms with van der Waals surface area (Å²) in [5.41, 5.74) is 0.401. The number of phenols is 1. The maximum absolute atomic E-state index is 11.1. The fraction of sp³-hybridized carbons (Fsp3) is 0.182.